The molecule has 0 aromatic carbocycles. The average Bonchev–Trinajstić information content (AvgIpc) is 3.95. The lowest BCUT2D eigenvalue weighted by atomic mass is 9.66. The SMILES string of the molecule is CC1(C)C2CCCCC2C2CCC(N(C3CCCCC3)C3CCC(c4nnc(C5CCC(N(C6CCCCC6)C6CCC7C8CCCCC8C(C)(C)C7C6)CC5)o4)CC3)CC21. The Morgan fingerprint density at radius 2 is 0.672 bits per heavy atom. The van der Waals surface area contributed by atoms with Gasteiger partial charge in [0.05, 0.1) is 0 Å². The van der Waals surface area contributed by atoms with Crippen LogP contribution in [0.5, 0.6) is 0 Å². The molecule has 11 rings (SSSR count). The molecule has 1 aromatic heterocycles. The molecule has 61 heavy (non-hydrogen) atoms. The zero-order chi connectivity index (χ0) is 41.3. The van der Waals surface area contributed by atoms with Crippen molar-refractivity contribution in [2.45, 2.75) is 281 Å². The molecule has 0 radical (unpaired) electrons. The molecule has 0 bridgehead atoms. The smallest absolute Gasteiger partial charge is 0.219 e. The van der Waals surface area contributed by atoms with E-state index in [1.165, 1.54) is 205 Å². The molecule has 10 unspecified atom stereocenters. The van der Waals surface area contributed by atoms with E-state index in [1.807, 2.05) is 0 Å². The lowest BCUT2D eigenvalue weighted by Gasteiger charge is -2.51. The summed E-state index contributed by atoms with van der Waals surface area (Å²) in [5.41, 5.74) is 1.08. The summed E-state index contributed by atoms with van der Waals surface area (Å²) < 4.78 is 6.80. The Morgan fingerprint density at radius 1 is 0.344 bits per heavy atom. The molecule has 5 heteroatoms. The lowest BCUT2D eigenvalue weighted by Crippen LogP contribution is -2.53. The van der Waals surface area contributed by atoms with Gasteiger partial charge in [-0.1, -0.05) is 91.9 Å². The van der Waals surface area contributed by atoms with E-state index >= 15 is 0 Å². The predicted octanol–water partition coefficient (Wildman–Crippen LogP) is 14.7. The van der Waals surface area contributed by atoms with Crippen LogP contribution in [0.2, 0.25) is 0 Å². The summed E-state index contributed by atoms with van der Waals surface area (Å²) >= 11 is 0. The van der Waals surface area contributed by atoms with Crippen LogP contribution in [0.4, 0.5) is 0 Å². The second kappa shape index (κ2) is 17.7. The van der Waals surface area contributed by atoms with Gasteiger partial charge in [-0.25, -0.2) is 0 Å². The van der Waals surface area contributed by atoms with Crippen LogP contribution < -0.4 is 0 Å². The van der Waals surface area contributed by atoms with Crippen molar-refractivity contribution in [3.63, 3.8) is 0 Å². The van der Waals surface area contributed by atoms with E-state index in [9.17, 15) is 0 Å². The zero-order valence-electron chi connectivity index (χ0n) is 40.1. The van der Waals surface area contributed by atoms with Crippen LogP contribution >= 0.6 is 0 Å². The third-order valence-electron chi connectivity index (χ3n) is 22.5. The first-order valence-electron chi connectivity index (χ1n) is 28.1. The van der Waals surface area contributed by atoms with Gasteiger partial charge in [0.25, 0.3) is 0 Å². The van der Waals surface area contributed by atoms with Gasteiger partial charge in [0.15, 0.2) is 0 Å². The Morgan fingerprint density at radius 3 is 1.08 bits per heavy atom. The van der Waals surface area contributed by atoms with Gasteiger partial charge in [0.2, 0.25) is 11.8 Å². The Bertz CT molecular complexity index is 1470. The van der Waals surface area contributed by atoms with E-state index in [0.29, 0.717) is 22.7 Å². The topological polar surface area (TPSA) is 45.4 Å². The maximum Gasteiger partial charge on any atom is 0.219 e. The third-order valence-corrected chi connectivity index (χ3v) is 22.5. The van der Waals surface area contributed by atoms with Gasteiger partial charge >= 0.3 is 0 Å². The fourth-order valence-corrected chi connectivity index (χ4v) is 19.7. The number of aromatic nitrogens is 2. The summed E-state index contributed by atoms with van der Waals surface area (Å²) in [7, 11) is 0. The molecular formula is C56H92N4O. The highest BCUT2D eigenvalue weighted by Gasteiger charge is 2.59. The summed E-state index contributed by atoms with van der Waals surface area (Å²) in [5, 5.41) is 9.77. The largest absolute Gasteiger partial charge is 0.425 e. The number of hydrogen-bond acceptors (Lipinski definition) is 5. The highest BCUT2D eigenvalue weighted by Crippen LogP contribution is 2.65. The van der Waals surface area contributed by atoms with Crippen LogP contribution in [0.25, 0.3) is 0 Å². The van der Waals surface area contributed by atoms with Crippen molar-refractivity contribution in [2.75, 3.05) is 0 Å². The summed E-state index contributed by atoms with van der Waals surface area (Å²) in [5.74, 6) is 10.9. The monoisotopic (exact) mass is 837 g/mol. The van der Waals surface area contributed by atoms with Crippen molar-refractivity contribution in [1.29, 1.82) is 0 Å². The quantitative estimate of drug-likeness (QED) is 0.261. The van der Waals surface area contributed by atoms with E-state index in [1.54, 1.807) is 0 Å². The normalized spacial score (nSPS) is 44.4. The van der Waals surface area contributed by atoms with Crippen molar-refractivity contribution in [2.24, 2.45) is 58.2 Å². The van der Waals surface area contributed by atoms with Gasteiger partial charge < -0.3 is 4.42 Å². The molecule has 0 aliphatic heterocycles. The fraction of sp³-hybridized carbons (Fsp3) is 0.964. The lowest BCUT2D eigenvalue weighted by molar-refractivity contribution is -0.0140. The molecule has 10 aliphatic carbocycles. The van der Waals surface area contributed by atoms with Gasteiger partial charge in [-0.15, -0.1) is 10.2 Å². The Labute approximate surface area is 374 Å². The number of rotatable bonds is 8. The van der Waals surface area contributed by atoms with Crippen LogP contribution in [0.1, 0.15) is 257 Å². The first kappa shape index (κ1) is 42.7. The number of hydrogen-bond donors (Lipinski definition) is 0. The standard InChI is InChI=1S/C56H92N4O/c1-55(2)49-21-13-11-19-45(49)47-33-31-43(35-51(47)55)59(39-15-7-5-8-16-39)41-27-23-37(24-28-41)53-57-58-54(61-53)38-25-29-42(30-26-38)60(40-17-9-6-10-18-40)44-32-34-48-46-20-12-14-22-50(46)56(3,4)52(48)36-44/h37-52H,5-36H2,1-4H3. The minimum atomic E-state index is 0.468. The molecule has 10 saturated carbocycles. The van der Waals surface area contributed by atoms with Gasteiger partial charge in [-0.3, -0.25) is 9.80 Å². The van der Waals surface area contributed by atoms with Crippen molar-refractivity contribution < 1.29 is 4.42 Å². The van der Waals surface area contributed by atoms with E-state index in [2.05, 4.69) is 37.5 Å². The van der Waals surface area contributed by atoms with Crippen molar-refractivity contribution >= 4 is 0 Å². The first-order chi connectivity index (χ1) is 29.8. The molecule has 1 aromatic rings. The van der Waals surface area contributed by atoms with Crippen molar-refractivity contribution in [1.82, 2.24) is 20.0 Å². The maximum atomic E-state index is 6.80. The van der Waals surface area contributed by atoms with Crippen molar-refractivity contribution in [3.05, 3.63) is 11.8 Å². The molecule has 0 amide bonds. The molecule has 0 N–H and O–H groups in total. The van der Waals surface area contributed by atoms with Gasteiger partial charge in [-0.2, -0.15) is 0 Å². The van der Waals surface area contributed by atoms with Crippen LogP contribution in [0.15, 0.2) is 4.42 Å². The maximum absolute atomic E-state index is 6.80. The minimum Gasteiger partial charge on any atom is -0.425 e. The zero-order valence-corrected chi connectivity index (χ0v) is 40.1. The molecule has 10 aliphatic rings. The Hall–Kier alpha value is -0.940. The first-order valence-corrected chi connectivity index (χ1v) is 28.1. The van der Waals surface area contributed by atoms with E-state index < -0.39 is 0 Å². The predicted molar refractivity (Wildman–Crippen MR) is 249 cm³/mol. The summed E-state index contributed by atoms with van der Waals surface area (Å²) in [6.07, 6.45) is 46.0. The van der Waals surface area contributed by atoms with Gasteiger partial charge in [0, 0.05) is 48.1 Å². The molecule has 10 fully saturated rings. The number of nitrogens with zero attached hydrogens (tertiary/aromatic N) is 4. The minimum absolute atomic E-state index is 0.468. The third kappa shape index (κ3) is 7.90. The molecule has 0 spiro atoms. The van der Waals surface area contributed by atoms with Gasteiger partial charge in [0.1, 0.15) is 0 Å². The van der Waals surface area contributed by atoms with Crippen molar-refractivity contribution in [3.8, 4) is 0 Å². The van der Waals surface area contributed by atoms with Crippen LogP contribution in [-0.4, -0.2) is 56.2 Å². The second-order valence-corrected chi connectivity index (χ2v) is 25.7. The molecule has 1 heterocycles. The van der Waals surface area contributed by atoms with E-state index in [4.69, 9.17) is 14.6 Å². The molecule has 0 saturated heterocycles. The Balaban J connectivity index is 0.723. The number of fused-ring (bicyclic) bond motifs is 6. The summed E-state index contributed by atoms with van der Waals surface area (Å²) in [4.78, 5) is 6.45. The van der Waals surface area contributed by atoms with Gasteiger partial charge in [-0.05, 0) is 199 Å². The Kier molecular flexibility index (Phi) is 12.4. The highest BCUT2D eigenvalue weighted by molar-refractivity contribution is 5.10. The molecule has 342 valence electrons. The summed E-state index contributed by atoms with van der Waals surface area (Å²) in [6, 6.07) is 4.82. The highest BCUT2D eigenvalue weighted by atomic mass is 16.4. The van der Waals surface area contributed by atoms with Crippen LogP contribution in [0.3, 0.4) is 0 Å². The van der Waals surface area contributed by atoms with E-state index in [0.717, 1.165) is 95.4 Å². The summed E-state index contributed by atoms with van der Waals surface area (Å²) in [6.45, 7) is 10.8. The van der Waals surface area contributed by atoms with Crippen LogP contribution in [-0.2, 0) is 0 Å². The molecule has 10 atom stereocenters. The average molecular weight is 837 g/mol. The molecular weight excluding hydrogens is 745 g/mol. The second-order valence-electron chi connectivity index (χ2n) is 25.7. The van der Waals surface area contributed by atoms with E-state index in [-0.39, 0.29) is 0 Å². The van der Waals surface area contributed by atoms with Crippen LogP contribution in [0, 0.1) is 58.2 Å². The fourth-order valence-electron chi connectivity index (χ4n) is 19.7. The molecule has 5 nitrogen and oxygen atoms in total.